The van der Waals surface area contributed by atoms with Gasteiger partial charge >= 0.3 is 0 Å². The van der Waals surface area contributed by atoms with E-state index in [9.17, 15) is 5.11 Å². The lowest BCUT2D eigenvalue weighted by Crippen LogP contribution is -2.35. The molecule has 0 heterocycles. The second-order valence-corrected chi connectivity index (χ2v) is 9.58. The van der Waals surface area contributed by atoms with E-state index >= 15 is 0 Å². The minimum atomic E-state index is -0.284. The van der Waals surface area contributed by atoms with Crippen LogP contribution in [0.25, 0.3) is 0 Å². The van der Waals surface area contributed by atoms with Crippen LogP contribution < -0.4 is 0 Å². The lowest BCUT2D eigenvalue weighted by atomic mass is 9.74. The van der Waals surface area contributed by atoms with Crippen LogP contribution in [-0.2, 0) is 0 Å². The third-order valence-electron chi connectivity index (χ3n) is 6.54. The summed E-state index contributed by atoms with van der Waals surface area (Å²) in [6, 6.07) is 0. The monoisotopic (exact) mass is 362 g/mol. The number of aliphatic hydroxyl groups excluding tert-OH is 1. The molecule has 1 heteroatoms. The van der Waals surface area contributed by atoms with Gasteiger partial charge in [0.05, 0.1) is 6.10 Å². The third-order valence-corrected chi connectivity index (χ3v) is 6.54. The Morgan fingerprint density at radius 2 is 1.85 bits per heavy atom. The van der Waals surface area contributed by atoms with Gasteiger partial charge in [0.25, 0.3) is 0 Å². The number of unbranched alkanes of at least 4 members (excludes halogenated alkanes) is 2. The first-order chi connectivity index (χ1) is 12.4. The van der Waals surface area contributed by atoms with Gasteiger partial charge in [0.1, 0.15) is 0 Å². The number of aliphatic hydroxyl groups is 1. The Morgan fingerprint density at radius 1 is 1.15 bits per heavy atom. The molecule has 0 saturated heterocycles. The fraction of sp³-hybridized carbons (Fsp3) is 0.840. The predicted octanol–water partition coefficient (Wildman–Crippen LogP) is 7.70. The van der Waals surface area contributed by atoms with E-state index in [0.29, 0.717) is 0 Å². The van der Waals surface area contributed by atoms with Gasteiger partial charge in [0.2, 0.25) is 0 Å². The molecule has 152 valence electrons. The Kier molecular flexibility index (Phi) is 11.5. The van der Waals surface area contributed by atoms with Crippen molar-refractivity contribution in [3.05, 3.63) is 24.8 Å². The Morgan fingerprint density at radius 3 is 2.46 bits per heavy atom. The molecule has 0 spiro atoms. The van der Waals surface area contributed by atoms with Gasteiger partial charge < -0.3 is 5.11 Å². The first kappa shape index (κ1) is 23.5. The van der Waals surface area contributed by atoms with Crippen molar-refractivity contribution < 1.29 is 5.11 Å². The summed E-state index contributed by atoms with van der Waals surface area (Å²) in [6.07, 6.45) is 21.6. The maximum atomic E-state index is 11.1. The molecular formula is C25H46O. The van der Waals surface area contributed by atoms with Crippen molar-refractivity contribution in [2.45, 2.75) is 111 Å². The summed E-state index contributed by atoms with van der Waals surface area (Å²) >= 11 is 0. The van der Waals surface area contributed by atoms with Crippen LogP contribution in [0.4, 0.5) is 0 Å². The zero-order valence-electron chi connectivity index (χ0n) is 18.2. The van der Waals surface area contributed by atoms with Crippen LogP contribution in [0.2, 0.25) is 0 Å². The van der Waals surface area contributed by atoms with Gasteiger partial charge in [-0.05, 0) is 42.9 Å². The van der Waals surface area contributed by atoms with Crippen LogP contribution in [-0.4, -0.2) is 11.2 Å². The fourth-order valence-corrected chi connectivity index (χ4v) is 4.45. The van der Waals surface area contributed by atoms with Gasteiger partial charge in [-0.3, -0.25) is 0 Å². The highest BCUT2D eigenvalue weighted by molar-refractivity contribution is 4.99. The van der Waals surface area contributed by atoms with E-state index in [2.05, 4.69) is 46.4 Å². The lowest BCUT2D eigenvalue weighted by Gasteiger charge is -2.35. The predicted molar refractivity (Wildman–Crippen MR) is 116 cm³/mol. The van der Waals surface area contributed by atoms with Crippen LogP contribution in [0.15, 0.2) is 24.8 Å². The van der Waals surface area contributed by atoms with E-state index in [4.69, 9.17) is 0 Å². The summed E-state index contributed by atoms with van der Waals surface area (Å²) in [6.45, 7) is 13.0. The van der Waals surface area contributed by atoms with E-state index < -0.39 is 0 Å². The summed E-state index contributed by atoms with van der Waals surface area (Å²) in [7, 11) is 0. The molecule has 3 unspecified atom stereocenters. The van der Waals surface area contributed by atoms with Gasteiger partial charge in [-0.25, -0.2) is 0 Å². The Labute approximate surface area is 164 Å². The topological polar surface area (TPSA) is 20.2 Å². The highest BCUT2D eigenvalue weighted by Gasteiger charge is 2.33. The van der Waals surface area contributed by atoms with E-state index in [1.807, 2.05) is 6.08 Å². The lowest BCUT2D eigenvalue weighted by molar-refractivity contribution is 0.00857. The molecule has 1 rings (SSSR count). The Balaban J connectivity index is 2.50. The fourth-order valence-electron chi connectivity index (χ4n) is 4.45. The Bertz CT molecular complexity index is 389. The van der Waals surface area contributed by atoms with Crippen LogP contribution >= 0.6 is 0 Å². The zero-order valence-corrected chi connectivity index (χ0v) is 18.2. The molecule has 1 N–H and O–H groups in total. The molecule has 1 saturated carbocycles. The number of allylic oxidation sites excluding steroid dienone is 2. The summed E-state index contributed by atoms with van der Waals surface area (Å²) in [4.78, 5) is 0. The average molecular weight is 363 g/mol. The van der Waals surface area contributed by atoms with Gasteiger partial charge in [-0.15, -0.1) is 6.58 Å². The van der Waals surface area contributed by atoms with Gasteiger partial charge in [-0.1, -0.05) is 97.3 Å². The maximum absolute atomic E-state index is 11.1. The molecule has 0 bridgehead atoms. The first-order valence-electron chi connectivity index (χ1n) is 11.4. The average Bonchev–Trinajstić information content (AvgIpc) is 3.12. The molecule has 1 aliphatic rings. The van der Waals surface area contributed by atoms with Crippen molar-refractivity contribution in [2.75, 3.05) is 0 Å². The maximum Gasteiger partial charge on any atom is 0.0656 e. The molecule has 0 radical (unpaired) electrons. The second-order valence-electron chi connectivity index (χ2n) is 9.58. The van der Waals surface area contributed by atoms with E-state index in [-0.39, 0.29) is 17.4 Å². The second kappa shape index (κ2) is 12.8. The van der Waals surface area contributed by atoms with Crippen molar-refractivity contribution in [3.63, 3.8) is 0 Å². The van der Waals surface area contributed by atoms with Crippen molar-refractivity contribution in [2.24, 2.45) is 23.2 Å². The molecule has 0 aromatic carbocycles. The summed E-state index contributed by atoms with van der Waals surface area (Å²) in [5, 5.41) is 11.1. The standard InChI is InChI=1S/C25H46O/c1-6-8-9-14-21(3)15-12-18-23(13-7-2)24(26)25(4,5)20-19-22-16-10-11-17-22/h7,12,18,21-24,26H,2,6,8-11,13-17,19-20H2,1,3-5H3/b18-12-. The van der Waals surface area contributed by atoms with Crippen molar-refractivity contribution in [1.82, 2.24) is 0 Å². The van der Waals surface area contributed by atoms with Crippen molar-refractivity contribution in [1.29, 1.82) is 0 Å². The van der Waals surface area contributed by atoms with Gasteiger partial charge in [0, 0.05) is 5.92 Å². The Hall–Kier alpha value is -0.560. The van der Waals surface area contributed by atoms with Crippen molar-refractivity contribution >= 4 is 0 Å². The zero-order chi connectivity index (χ0) is 19.4. The molecule has 0 aromatic rings. The van der Waals surface area contributed by atoms with E-state index in [0.717, 1.165) is 31.1 Å². The number of hydrogen-bond donors (Lipinski definition) is 1. The molecule has 1 aliphatic carbocycles. The normalized spacial score (nSPS) is 19.7. The van der Waals surface area contributed by atoms with Crippen LogP contribution in [0.5, 0.6) is 0 Å². The molecular weight excluding hydrogens is 316 g/mol. The smallest absolute Gasteiger partial charge is 0.0656 e. The molecule has 26 heavy (non-hydrogen) atoms. The minimum Gasteiger partial charge on any atom is -0.392 e. The largest absolute Gasteiger partial charge is 0.392 e. The summed E-state index contributed by atoms with van der Waals surface area (Å²) in [5.74, 6) is 1.85. The number of rotatable bonds is 14. The molecule has 1 nitrogen and oxygen atoms in total. The van der Waals surface area contributed by atoms with E-state index in [1.165, 1.54) is 57.8 Å². The van der Waals surface area contributed by atoms with Gasteiger partial charge in [-0.2, -0.15) is 0 Å². The molecule has 0 aliphatic heterocycles. The summed E-state index contributed by atoms with van der Waals surface area (Å²) < 4.78 is 0. The van der Waals surface area contributed by atoms with Crippen LogP contribution in [0.1, 0.15) is 105 Å². The van der Waals surface area contributed by atoms with E-state index in [1.54, 1.807) is 0 Å². The minimum absolute atomic E-state index is 0.0205. The molecule has 0 amide bonds. The van der Waals surface area contributed by atoms with Gasteiger partial charge in [0.15, 0.2) is 0 Å². The van der Waals surface area contributed by atoms with Crippen LogP contribution in [0.3, 0.4) is 0 Å². The highest BCUT2D eigenvalue weighted by Crippen LogP contribution is 2.38. The third kappa shape index (κ3) is 8.89. The quantitative estimate of drug-likeness (QED) is 0.248. The number of hydrogen-bond acceptors (Lipinski definition) is 1. The van der Waals surface area contributed by atoms with Crippen molar-refractivity contribution in [3.8, 4) is 0 Å². The summed E-state index contributed by atoms with van der Waals surface area (Å²) in [5.41, 5.74) is -0.0205. The van der Waals surface area contributed by atoms with Crippen LogP contribution in [0, 0.1) is 23.2 Å². The highest BCUT2D eigenvalue weighted by atomic mass is 16.3. The first-order valence-corrected chi connectivity index (χ1v) is 11.4. The molecule has 3 atom stereocenters. The molecule has 0 aromatic heterocycles. The molecule has 1 fully saturated rings. The SMILES string of the molecule is C=CCC(/C=C\CC(C)CCCCC)C(O)C(C)(C)CCC1CCCC1.